The Balaban J connectivity index is 2.29. The number of halogens is 6. The second-order valence-corrected chi connectivity index (χ2v) is 5.97. The van der Waals surface area contributed by atoms with Crippen LogP contribution in [0.3, 0.4) is 0 Å². The largest absolute Gasteiger partial charge is 0.431 e. The third kappa shape index (κ3) is 4.32. The first-order chi connectivity index (χ1) is 12.4. The fraction of sp³-hybridized carbons (Fsp3) is 0.438. The van der Waals surface area contributed by atoms with Crippen molar-refractivity contribution in [2.75, 3.05) is 5.32 Å². The Morgan fingerprint density at radius 1 is 1.30 bits per heavy atom. The molecule has 1 amide bonds. The van der Waals surface area contributed by atoms with Gasteiger partial charge in [-0.1, -0.05) is 19.4 Å². The Morgan fingerprint density at radius 3 is 2.44 bits per heavy atom. The summed E-state index contributed by atoms with van der Waals surface area (Å²) in [6.07, 6.45) is -9.94. The number of carbonyl (C=O) groups is 1. The molecule has 1 aliphatic heterocycles. The second kappa shape index (κ2) is 7.09. The fourth-order valence-electron chi connectivity index (χ4n) is 2.71. The van der Waals surface area contributed by atoms with E-state index in [-0.39, 0.29) is 12.1 Å². The van der Waals surface area contributed by atoms with Crippen LogP contribution < -0.4 is 10.7 Å². The summed E-state index contributed by atoms with van der Waals surface area (Å²) >= 11 is 0. The van der Waals surface area contributed by atoms with Gasteiger partial charge in [0.15, 0.2) is 5.69 Å². The predicted octanol–water partition coefficient (Wildman–Crippen LogP) is 4.65. The number of amides is 1. The van der Waals surface area contributed by atoms with Gasteiger partial charge in [-0.15, -0.1) is 0 Å². The minimum atomic E-state index is -4.82. The summed E-state index contributed by atoms with van der Waals surface area (Å²) in [6, 6.07) is 2.55. The summed E-state index contributed by atoms with van der Waals surface area (Å²) in [7, 11) is 0. The zero-order chi connectivity index (χ0) is 20.5. The van der Waals surface area contributed by atoms with Crippen molar-refractivity contribution in [3.05, 3.63) is 35.2 Å². The molecule has 11 heteroatoms. The van der Waals surface area contributed by atoms with E-state index in [2.05, 4.69) is 20.7 Å². The number of anilines is 1. The van der Waals surface area contributed by atoms with Crippen LogP contribution in [0.25, 0.3) is 4.85 Å². The summed E-state index contributed by atoms with van der Waals surface area (Å²) in [6.45, 7) is 8.43. The molecule has 0 saturated heterocycles. The average molecular weight is 392 g/mol. The van der Waals surface area contributed by atoms with Crippen LogP contribution in [0.2, 0.25) is 0 Å². The molecule has 1 aromatic carbocycles. The molecule has 146 valence electrons. The molecule has 0 aromatic heterocycles. The standard InChI is InChI=1S/C16H14F6N4O/c1-3-6-14(8-12(25-26-14)16(20,21)22)13(27)24-9-4-5-11(23-2)10(7-9)15(17,18)19/h4-5,7,26H,3,6,8H2,1H3,(H,24,27). The number of carbonyl (C=O) groups excluding carboxylic acids is 1. The minimum absolute atomic E-state index is 0.00578. The molecule has 0 aliphatic carbocycles. The Bertz CT molecular complexity index is 809. The number of alkyl halides is 6. The van der Waals surface area contributed by atoms with Gasteiger partial charge in [-0.2, -0.15) is 31.4 Å². The molecule has 0 radical (unpaired) electrons. The first-order valence-electron chi connectivity index (χ1n) is 7.74. The van der Waals surface area contributed by atoms with Crippen molar-refractivity contribution in [2.45, 2.75) is 44.1 Å². The van der Waals surface area contributed by atoms with Gasteiger partial charge in [-0.25, -0.2) is 4.85 Å². The van der Waals surface area contributed by atoms with Gasteiger partial charge < -0.3 is 5.32 Å². The third-order valence-electron chi connectivity index (χ3n) is 3.99. The lowest BCUT2D eigenvalue weighted by Gasteiger charge is -2.27. The molecular formula is C16H14F6N4O. The van der Waals surface area contributed by atoms with Crippen LogP contribution in [-0.2, 0) is 11.0 Å². The molecule has 0 bridgehead atoms. The number of hydrogen-bond acceptors (Lipinski definition) is 3. The molecule has 1 aromatic rings. The lowest BCUT2D eigenvalue weighted by Crippen LogP contribution is -2.51. The van der Waals surface area contributed by atoms with Crippen molar-refractivity contribution in [3.8, 4) is 0 Å². The average Bonchev–Trinajstić information content (AvgIpc) is 3.00. The topological polar surface area (TPSA) is 57.9 Å². The highest BCUT2D eigenvalue weighted by molar-refractivity contribution is 6.05. The molecular weight excluding hydrogens is 378 g/mol. The van der Waals surface area contributed by atoms with Gasteiger partial charge in [0.25, 0.3) is 5.91 Å². The van der Waals surface area contributed by atoms with Crippen LogP contribution >= 0.6 is 0 Å². The van der Waals surface area contributed by atoms with E-state index in [1.54, 1.807) is 6.92 Å². The quantitative estimate of drug-likeness (QED) is 0.579. The maximum Gasteiger partial charge on any atom is 0.431 e. The molecule has 0 spiro atoms. The van der Waals surface area contributed by atoms with Crippen molar-refractivity contribution >= 4 is 23.0 Å². The van der Waals surface area contributed by atoms with E-state index in [0.717, 1.165) is 12.1 Å². The molecule has 27 heavy (non-hydrogen) atoms. The van der Waals surface area contributed by atoms with Crippen molar-refractivity contribution in [2.24, 2.45) is 5.10 Å². The van der Waals surface area contributed by atoms with Crippen LogP contribution in [0.1, 0.15) is 31.7 Å². The molecule has 1 atom stereocenters. The Morgan fingerprint density at radius 2 is 1.96 bits per heavy atom. The number of hydrogen-bond donors (Lipinski definition) is 2. The van der Waals surface area contributed by atoms with E-state index in [9.17, 15) is 31.1 Å². The smallest absolute Gasteiger partial charge is 0.324 e. The molecule has 5 nitrogen and oxygen atoms in total. The summed E-state index contributed by atoms with van der Waals surface area (Å²) in [4.78, 5) is 15.3. The molecule has 2 N–H and O–H groups in total. The van der Waals surface area contributed by atoms with Gasteiger partial charge in [0.2, 0.25) is 0 Å². The molecule has 1 heterocycles. The number of benzene rings is 1. The van der Waals surface area contributed by atoms with E-state index in [1.807, 2.05) is 0 Å². The van der Waals surface area contributed by atoms with E-state index >= 15 is 0 Å². The van der Waals surface area contributed by atoms with Gasteiger partial charge >= 0.3 is 12.4 Å². The lowest BCUT2D eigenvalue weighted by molar-refractivity contribution is -0.136. The number of nitrogens with zero attached hydrogens (tertiary/aromatic N) is 2. The van der Waals surface area contributed by atoms with Crippen molar-refractivity contribution < 1.29 is 31.1 Å². The first kappa shape index (κ1) is 20.5. The fourth-order valence-corrected chi connectivity index (χ4v) is 2.71. The van der Waals surface area contributed by atoms with Gasteiger partial charge in [-0.3, -0.25) is 10.2 Å². The number of nitrogens with one attached hydrogen (secondary N) is 2. The lowest BCUT2D eigenvalue weighted by atomic mass is 9.88. The third-order valence-corrected chi connectivity index (χ3v) is 3.99. The van der Waals surface area contributed by atoms with Crippen molar-refractivity contribution in [1.82, 2.24) is 5.43 Å². The summed E-state index contributed by atoms with van der Waals surface area (Å²) < 4.78 is 77.6. The van der Waals surface area contributed by atoms with Crippen LogP contribution in [-0.4, -0.2) is 23.3 Å². The normalized spacial score (nSPS) is 19.9. The van der Waals surface area contributed by atoms with Gasteiger partial charge in [-0.05, 0) is 18.6 Å². The van der Waals surface area contributed by atoms with Crippen molar-refractivity contribution in [3.63, 3.8) is 0 Å². The Labute approximate surface area is 150 Å². The molecule has 2 rings (SSSR count). The first-order valence-corrected chi connectivity index (χ1v) is 7.74. The highest BCUT2D eigenvalue weighted by Gasteiger charge is 2.50. The second-order valence-electron chi connectivity index (χ2n) is 5.97. The van der Waals surface area contributed by atoms with Crippen LogP contribution in [0.4, 0.5) is 37.7 Å². The summed E-state index contributed by atoms with van der Waals surface area (Å²) in [5.74, 6) is -0.934. The van der Waals surface area contributed by atoms with Gasteiger partial charge in [0.1, 0.15) is 11.3 Å². The Kier molecular flexibility index (Phi) is 5.40. The minimum Gasteiger partial charge on any atom is -0.324 e. The number of rotatable bonds is 4. The predicted molar refractivity (Wildman–Crippen MR) is 85.2 cm³/mol. The monoisotopic (exact) mass is 392 g/mol. The number of hydrazone groups is 1. The highest BCUT2D eigenvalue weighted by Crippen LogP contribution is 2.38. The van der Waals surface area contributed by atoms with E-state index in [1.165, 1.54) is 0 Å². The SMILES string of the molecule is [C-]#[N+]c1ccc(NC(=O)C2(CCC)CC(C(F)(F)F)=NN2)cc1C(F)(F)F. The van der Waals surface area contributed by atoms with E-state index in [0.29, 0.717) is 12.5 Å². The Hall–Kier alpha value is -2.77. The molecule has 0 fully saturated rings. The maximum atomic E-state index is 13.0. The zero-order valence-corrected chi connectivity index (χ0v) is 13.9. The van der Waals surface area contributed by atoms with Gasteiger partial charge in [0, 0.05) is 12.1 Å². The van der Waals surface area contributed by atoms with Crippen LogP contribution in [0.15, 0.2) is 23.3 Å². The summed E-state index contributed by atoms with van der Waals surface area (Å²) in [5, 5.41) is 5.39. The molecule has 1 aliphatic rings. The maximum absolute atomic E-state index is 13.0. The molecule has 1 unspecified atom stereocenters. The summed E-state index contributed by atoms with van der Waals surface area (Å²) in [5.41, 5.74) is -2.85. The van der Waals surface area contributed by atoms with Crippen LogP contribution in [0, 0.1) is 6.57 Å². The van der Waals surface area contributed by atoms with Crippen LogP contribution in [0.5, 0.6) is 0 Å². The zero-order valence-electron chi connectivity index (χ0n) is 13.9. The molecule has 0 saturated carbocycles. The van der Waals surface area contributed by atoms with E-state index < -0.39 is 47.2 Å². The highest BCUT2D eigenvalue weighted by atomic mass is 19.4. The van der Waals surface area contributed by atoms with Gasteiger partial charge in [0.05, 0.1) is 12.1 Å². The van der Waals surface area contributed by atoms with E-state index in [4.69, 9.17) is 6.57 Å². The van der Waals surface area contributed by atoms with Crippen molar-refractivity contribution in [1.29, 1.82) is 0 Å².